The summed E-state index contributed by atoms with van der Waals surface area (Å²) in [5, 5.41) is 5.48. The predicted molar refractivity (Wildman–Crippen MR) is 140 cm³/mol. The highest BCUT2D eigenvalue weighted by atomic mass is 16.2. The Hall–Kier alpha value is -3.19. The van der Waals surface area contributed by atoms with Crippen molar-refractivity contribution in [2.75, 3.05) is 0 Å². The molecule has 0 unspecified atom stereocenters. The minimum absolute atomic E-state index is 0.147. The maximum atomic E-state index is 12.9. The second-order valence-electron chi connectivity index (χ2n) is 10.2. The van der Waals surface area contributed by atoms with Crippen molar-refractivity contribution in [3.63, 3.8) is 0 Å². The Morgan fingerprint density at radius 2 is 1.20 bits per heavy atom. The summed E-state index contributed by atoms with van der Waals surface area (Å²) < 4.78 is 0. The van der Waals surface area contributed by atoms with Crippen molar-refractivity contribution < 1.29 is 14.4 Å². The number of benzene rings is 2. The molecule has 3 amide bonds. The lowest BCUT2D eigenvalue weighted by molar-refractivity contribution is -0.132. The summed E-state index contributed by atoms with van der Waals surface area (Å²) in [7, 11) is 0. The topological polar surface area (TPSA) is 127 Å². The van der Waals surface area contributed by atoms with Crippen LogP contribution < -0.4 is 22.1 Å². The molecule has 7 heteroatoms. The number of amides is 3. The van der Waals surface area contributed by atoms with Crippen LogP contribution in [0, 0.1) is 18.8 Å². The van der Waals surface area contributed by atoms with Crippen LogP contribution in [0.25, 0.3) is 11.1 Å². The number of nitrogens with one attached hydrogen (secondary N) is 2. The number of rotatable bonds is 12. The van der Waals surface area contributed by atoms with Crippen molar-refractivity contribution in [3.05, 3.63) is 59.7 Å². The molecule has 0 aromatic heterocycles. The van der Waals surface area contributed by atoms with E-state index in [4.69, 9.17) is 11.5 Å². The van der Waals surface area contributed by atoms with Crippen molar-refractivity contribution in [1.82, 2.24) is 10.6 Å². The van der Waals surface area contributed by atoms with Crippen molar-refractivity contribution in [2.45, 2.75) is 72.0 Å². The van der Waals surface area contributed by atoms with E-state index < -0.39 is 35.8 Å². The smallest absolute Gasteiger partial charge is 0.243 e. The van der Waals surface area contributed by atoms with Gasteiger partial charge in [0.15, 0.2) is 0 Å². The molecular weight excluding hydrogens is 440 g/mol. The quantitative estimate of drug-likeness (QED) is 0.372. The first-order valence-corrected chi connectivity index (χ1v) is 12.3. The number of hydrogen-bond donors (Lipinski definition) is 4. The third-order valence-electron chi connectivity index (χ3n) is 5.84. The van der Waals surface area contributed by atoms with E-state index in [1.807, 2.05) is 52.0 Å². The average Bonchev–Trinajstić information content (AvgIpc) is 2.78. The van der Waals surface area contributed by atoms with E-state index in [9.17, 15) is 14.4 Å². The van der Waals surface area contributed by atoms with Gasteiger partial charge in [-0.15, -0.1) is 0 Å². The summed E-state index contributed by atoms with van der Waals surface area (Å²) >= 11 is 0. The van der Waals surface area contributed by atoms with Gasteiger partial charge in [0, 0.05) is 0 Å². The Bertz CT molecular complexity index is 984. The molecule has 0 aliphatic heterocycles. The molecule has 6 N–H and O–H groups in total. The number of primary amides is 1. The van der Waals surface area contributed by atoms with Crippen molar-refractivity contribution in [1.29, 1.82) is 0 Å². The standard InChI is InChI=1S/C28H40N4O3/c1-17(2)14-24(26(30)33)31-28(35)25(15-18(3)4)32-27(34)23(29)16-20-8-12-22(13-9-20)21-10-6-19(5)7-11-21/h6-13,17-18,23-25H,14-16,29H2,1-5H3,(H2,30,33)(H,31,35)(H,32,34)/t23-,24-,25-/m0/s1. The SMILES string of the molecule is Cc1ccc(-c2ccc(C[C@H](N)C(=O)N[C@@H](CC(C)C)C(=O)N[C@@H](CC(C)C)C(N)=O)cc2)cc1. The molecule has 0 aliphatic carbocycles. The van der Waals surface area contributed by atoms with Gasteiger partial charge in [-0.1, -0.05) is 81.8 Å². The van der Waals surface area contributed by atoms with Crippen LogP contribution in [0.1, 0.15) is 51.7 Å². The summed E-state index contributed by atoms with van der Waals surface area (Å²) in [6.45, 7) is 9.86. The highest BCUT2D eigenvalue weighted by Gasteiger charge is 2.28. The zero-order valence-electron chi connectivity index (χ0n) is 21.5. The molecule has 0 spiro atoms. The highest BCUT2D eigenvalue weighted by Crippen LogP contribution is 2.20. The van der Waals surface area contributed by atoms with E-state index in [-0.39, 0.29) is 11.8 Å². The molecule has 0 saturated carbocycles. The van der Waals surface area contributed by atoms with E-state index in [2.05, 4.69) is 41.8 Å². The Kier molecular flexibility index (Phi) is 10.5. The van der Waals surface area contributed by atoms with Gasteiger partial charge in [-0.2, -0.15) is 0 Å². The molecule has 0 fully saturated rings. The molecule has 7 nitrogen and oxygen atoms in total. The summed E-state index contributed by atoms with van der Waals surface area (Å²) in [5.74, 6) is -1.10. The van der Waals surface area contributed by atoms with Crippen molar-refractivity contribution in [3.8, 4) is 11.1 Å². The van der Waals surface area contributed by atoms with E-state index in [0.717, 1.165) is 16.7 Å². The van der Waals surface area contributed by atoms with Crippen LogP contribution in [0.3, 0.4) is 0 Å². The highest BCUT2D eigenvalue weighted by molar-refractivity contribution is 5.92. The third-order valence-corrected chi connectivity index (χ3v) is 5.84. The molecule has 2 rings (SSSR count). The summed E-state index contributed by atoms with van der Waals surface area (Å²) in [4.78, 5) is 37.5. The van der Waals surface area contributed by atoms with Gasteiger partial charge < -0.3 is 22.1 Å². The molecule has 35 heavy (non-hydrogen) atoms. The molecular formula is C28H40N4O3. The maximum absolute atomic E-state index is 12.9. The van der Waals surface area contributed by atoms with Gasteiger partial charge in [-0.25, -0.2) is 0 Å². The Labute approximate surface area is 209 Å². The van der Waals surface area contributed by atoms with Gasteiger partial charge in [-0.3, -0.25) is 14.4 Å². The van der Waals surface area contributed by atoms with Crippen molar-refractivity contribution >= 4 is 17.7 Å². The monoisotopic (exact) mass is 480 g/mol. The fourth-order valence-corrected chi connectivity index (χ4v) is 3.90. The summed E-state index contributed by atoms with van der Waals surface area (Å²) in [5.41, 5.74) is 16.0. The fraction of sp³-hybridized carbons (Fsp3) is 0.464. The van der Waals surface area contributed by atoms with Gasteiger partial charge >= 0.3 is 0 Å². The molecule has 0 saturated heterocycles. The first-order valence-electron chi connectivity index (χ1n) is 12.3. The molecule has 0 radical (unpaired) electrons. The molecule has 2 aromatic carbocycles. The van der Waals surface area contributed by atoms with Crippen LogP contribution in [0.2, 0.25) is 0 Å². The van der Waals surface area contributed by atoms with Gasteiger partial charge in [0.2, 0.25) is 17.7 Å². The second-order valence-corrected chi connectivity index (χ2v) is 10.2. The van der Waals surface area contributed by atoms with Crippen LogP contribution in [-0.2, 0) is 20.8 Å². The van der Waals surface area contributed by atoms with Crippen LogP contribution in [0.5, 0.6) is 0 Å². The number of nitrogens with two attached hydrogens (primary N) is 2. The van der Waals surface area contributed by atoms with Gasteiger partial charge in [0.25, 0.3) is 0 Å². The molecule has 0 aliphatic rings. The molecule has 0 bridgehead atoms. The number of carbonyl (C=O) groups excluding carboxylic acids is 3. The molecule has 3 atom stereocenters. The van der Waals surface area contributed by atoms with Crippen LogP contribution >= 0.6 is 0 Å². The van der Waals surface area contributed by atoms with Gasteiger partial charge in [0.05, 0.1) is 6.04 Å². The van der Waals surface area contributed by atoms with E-state index in [1.165, 1.54) is 5.56 Å². The largest absolute Gasteiger partial charge is 0.368 e. The average molecular weight is 481 g/mol. The number of aryl methyl sites for hydroxylation is 1. The normalized spacial score (nSPS) is 13.8. The lowest BCUT2D eigenvalue weighted by atomic mass is 9.98. The number of carbonyl (C=O) groups is 3. The Morgan fingerprint density at radius 3 is 1.69 bits per heavy atom. The lowest BCUT2D eigenvalue weighted by Gasteiger charge is -2.25. The van der Waals surface area contributed by atoms with E-state index >= 15 is 0 Å². The maximum Gasteiger partial charge on any atom is 0.243 e. The first-order chi connectivity index (χ1) is 16.5. The van der Waals surface area contributed by atoms with Crippen LogP contribution in [0.4, 0.5) is 0 Å². The second kappa shape index (κ2) is 13.0. The van der Waals surface area contributed by atoms with Gasteiger partial charge in [0.1, 0.15) is 12.1 Å². The van der Waals surface area contributed by atoms with Crippen LogP contribution in [0.15, 0.2) is 48.5 Å². The lowest BCUT2D eigenvalue weighted by Crippen LogP contribution is -2.56. The van der Waals surface area contributed by atoms with Crippen molar-refractivity contribution in [2.24, 2.45) is 23.3 Å². The predicted octanol–water partition coefficient (Wildman–Crippen LogP) is 3.08. The Balaban J connectivity index is 2.02. The van der Waals surface area contributed by atoms with E-state index in [1.54, 1.807) is 0 Å². The zero-order valence-corrected chi connectivity index (χ0v) is 21.5. The summed E-state index contributed by atoms with van der Waals surface area (Å²) in [6.07, 6.45) is 1.19. The third kappa shape index (κ3) is 9.17. The van der Waals surface area contributed by atoms with Crippen LogP contribution in [-0.4, -0.2) is 35.8 Å². The van der Waals surface area contributed by atoms with E-state index in [0.29, 0.717) is 19.3 Å². The molecule has 0 heterocycles. The minimum atomic E-state index is -0.815. The summed E-state index contributed by atoms with van der Waals surface area (Å²) in [6, 6.07) is 13.8. The molecule has 2 aromatic rings. The van der Waals surface area contributed by atoms with Gasteiger partial charge in [-0.05, 0) is 54.7 Å². The minimum Gasteiger partial charge on any atom is -0.368 e. The fourth-order valence-electron chi connectivity index (χ4n) is 3.90. The number of hydrogen-bond acceptors (Lipinski definition) is 4. The first kappa shape index (κ1) is 28.1. The Morgan fingerprint density at radius 1 is 0.743 bits per heavy atom. The zero-order chi connectivity index (χ0) is 26.1. The molecule has 190 valence electrons.